The molecule has 0 aliphatic heterocycles. The van der Waals surface area contributed by atoms with Crippen molar-refractivity contribution < 1.29 is 4.42 Å². The smallest absolute Gasteiger partial charge is 0.161 e. The Morgan fingerprint density at radius 1 is 0.333 bits per heavy atom. The van der Waals surface area contributed by atoms with E-state index in [1.807, 2.05) is 36.5 Å². The van der Waals surface area contributed by atoms with Crippen LogP contribution in [0.1, 0.15) is 0 Å². The van der Waals surface area contributed by atoms with Crippen molar-refractivity contribution in [3.05, 3.63) is 200 Å². The fourth-order valence-corrected chi connectivity index (χ4v) is 8.17. The maximum absolute atomic E-state index is 6.10. The van der Waals surface area contributed by atoms with Crippen molar-refractivity contribution in [2.45, 2.75) is 0 Å². The quantitative estimate of drug-likeness (QED) is 0.160. The van der Waals surface area contributed by atoms with Crippen LogP contribution in [-0.2, 0) is 0 Å². The molecule has 0 amide bonds. The Hall–Kier alpha value is -7.69. The molecule has 0 saturated carbocycles. The topological polar surface area (TPSA) is 51.8 Å². The molecule has 4 heteroatoms. The van der Waals surface area contributed by atoms with E-state index in [0.717, 1.165) is 77.8 Å². The number of furan rings is 1. The van der Waals surface area contributed by atoms with E-state index in [0.29, 0.717) is 5.82 Å². The lowest BCUT2D eigenvalue weighted by atomic mass is 9.92. The molecule has 0 atom stereocenters. The minimum absolute atomic E-state index is 0.660. The summed E-state index contributed by atoms with van der Waals surface area (Å²) in [7, 11) is 0. The molecule has 0 unspecified atom stereocenters. The predicted molar refractivity (Wildman–Crippen MR) is 235 cm³/mol. The largest absolute Gasteiger partial charge is 0.456 e. The first-order chi connectivity index (χ1) is 28.2. The molecule has 0 fully saturated rings. The highest BCUT2D eigenvalue weighted by atomic mass is 16.3. The van der Waals surface area contributed by atoms with Crippen LogP contribution in [0.25, 0.3) is 111 Å². The summed E-state index contributed by atoms with van der Waals surface area (Å²) >= 11 is 0. The first-order valence-electron chi connectivity index (χ1n) is 19.2. The van der Waals surface area contributed by atoms with Crippen molar-refractivity contribution in [2.75, 3.05) is 0 Å². The van der Waals surface area contributed by atoms with Crippen LogP contribution in [0.5, 0.6) is 0 Å². The number of rotatable bonds is 6. The minimum Gasteiger partial charge on any atom is -0.456 e. The molecule has 0 aliphatic rings. The Kier molecular flexibility index (Phi) is 7.78. The molecule has 0 radical (unpaired) electrons. The molecule has 3 aromatic heterocycles. The lowest BCUT2D eigenvalue weighted by Crippen LogP contribution is -1.97. The fourth-order valence-electron chi connectivity index (χ4n) is 8.17. The first-order valence-corrected chi connectivity index (χ1v) is 19.2. The van der Waals surface area contributed by atoms with Gasteiger partial charge in [-0.15, -0.1) is 0 Å². The lowest BCUT2D eigenvalue weighted by molar-refractivity contribution is 0.669. The fraction of sp³-hybridized carbons (Fsp3) is 0. The maximum Gasteiger partial charge on any atom is 0.161 e. The van der Waals surface area contributed by atoms with E-state index in [1.54, 1.807) is 6.20 Å². The number of aromatic nitrogens is 3. The molecule has 0 N–H and O–H groups in total. The van der Waals surface area contributed by atoms with Gasteiger partial charge in [0.15, 0.2) is 5.82 Å². The van der Waals surface area contributed by atoms with Gasteiger partial charge < -0.3 is 4.42 Å². The first kappa shape index (κ1) is 32.7. The molecular weight excluding hydrogens is 695 g/mol. The Balaban J connectivity index is 1.02. The van der Waals surface area contributed by atoms with Crippen molar-refractivity contribution >= 4 is 43.5 Å². The summed E-state index contributed by atoms with van der Waals surface area (Å²) in [6, 6.07) is 66.1. The predicted octanol–water partition coefficient (Wildman–Crippen LogP) is 14.1. The molecule has 3 heterocycles. The van der Waals surface area contributed by atoms with E-state index >= 15 is 0 Å². The molecule has 0 saturated heterocycles. The van der Waals surface area contributed by atoms with Crippen molar-refractivity contribution in [2.24, 2.45) is 0 Å². The van der Waals surface area contributed by atoms with Gasteiger partial charge in [0.1, 0.15) is 11.2 Å². The minimum atomic E-state index is 0.660. The summed E-state index contributed by atoms with van der Waals surface area (Å²) in [6.45, 7) is 0. The molecule has 0 spiro atoms. The Morgan fingerprint density at radius 2 is 0.930 bits per heavy atom. The zero-order valence-corrected chi connectivity index (χ0v) is 30.8. The van der Waals surface area contributed by atoms with Crippen LogP contribution in [0.2, 0.25) is 0 Å². The van der Waals surface area contributed by atoms with E-state index in [2.05, 4.69) is 163 Å². The van der Waals surface area contributed by atoms with Gasteiger partial charge in [-0.25, -0.2) is 9.97 Å². The second-order valence-corrected chi connectivity index (χ2v) is 14.4. The molecule has 11 rings (SSSR count). The van der Waals surface area contributed by atoms with Gasteiger partial charge >= 0.3 is 0 Å². The molecule has 11 aromatic rings. The number of benzene rings is 8. The summed E-state index contributed by atoms with van der Waals surface area (Å²) in [5.41, 5.74) is 13.2. The number of fused-ring (bicyclic) bond motifs is 6. The summed E-state index contributed by atoms with van der Waals surface area (Å²) in [5.74, 6) is 0.660. The van der Waals surface area contributed by atoms with Crippen LogP contribution >= 0.6 is 0 Å². The van der Waals surface area contributed by atoms with Crippen molar-refractivity contribution in [3.63, 3.8) is 0 Å². The summed E-state index contributed by atoms with van der Waals surface area (Å²) in [4.78, 5) is 14.9. The Morgan fingerprint density at radius 3 is 1.68 bits per heavy atom. The average molecular weight is 728 g/mol. The van der Waals surface area contributed by atoms with Crippen molar-refractivity contribution in [1.29, 1.82) is 0 Å². The Bertz CT molecular complexity index is 3280. The lowest BCUT2D eigenvalue weighted by Gasteiger charge is -2.14. The maximum atomic E-state index is 6.10. The highest BCUT2D eigenvalue weighted by molar-refractivity contribution is 6.13. The third-order valence-corrected chi connectivity index (χ3v) is 11.0. The van der Waals surface area contributed by atoms with Crippen LogP contribution in [0.4, 0.5) is 0 Å². The van der Waals surface area contributed by atoms with Gasteiger partial charge in [0.05, 0.1) is 11.4 Å². The van der Waals surface area contributed by atoms with Crippen molar-refractivity contribution in [3.8, 4) is 67.3 Å². The number of nitrogens with zero attached hydrogens (tertiary/aromatic N) is 3. The summed E-state index contributed by atoms with van der Waals surface area (Å²) < 4.78 is 6.10. The van der Waals surface area contributed by atoms with Gasteiger partial charge in [-0.3, -0.25) is 4.98 Å². The van der Waals surface area contributed by atoms with Gasteiger partial charge in [-0.2, -0.15) is 0 Å². The molecule has 8 aromatic carbocycles. The normalized spacial score (nSPS) is 11.5. The van der Waals surface area contributed by atoms with Gasteiger partial charge in [-0.05, 0) is 85.8 Å². The van der Waals surface area contributed by atoms with Crippen LogP contribution < -0.4 is 0 Å². The van der Waals surface area contributed by atoms with E-state index in [4.69, 9.17) is 14.4 Å². The number of hydrogen-bond donors (Lipinski definition) is 0. The number of hydrogen-bond acceptors (Lipinski definition) is 4. The monoisotopic (exact) mass is 727 g/mol. The third kappa shape index (κ3) is 5.83. The third-order valence-electron chi connectivity index (χ3n) is 11.0. The van der Waals surface area contributed by atoms with E-state index < -0.39 is 0 Å². The Labute approximate surface area is 329 Å². The molecule has 266 valence electrons. The van der Waals surface area contributed by atoms with Crippen molar-refractivity contribution in [1.82, 2.24) is 15.0 Å². The molecule has 57 heavy (non-hydrogen) atoms. The standard InChI is InChI=1S/C53H33N3O/c1-2-12-41-39(10-1)31-47(44-15-5-4-14-43(41)44)35-21-25-37(26-22-35)50-32-49(55-53(56-50)46-17-6-3-13-42(46)40-11-9-29-54-33-40)36-23-19-34(20-24-36)38-27-28-52-48(30-38)45-16-7-8-18-51(45)57-52/h1-33H. The zero-order chi connectivity index (χ0) is 37.7. The molecule has 0 bridgehead atoms. The van der Waals surface area contributed by atoms with Gasteiger partial charge in [-0.1, -0.05) is 152 Å². The summed E-state index contributed by atoms with van der Waals surface area (Å²) in [6.07, 6.45) is 3.69. The number of pyridine rings is 1. The van der Waals surface area contributed by atoms with Gasteiger partial charge in [0.2, 0.25) is 0 Å². The molecule has 0 aliphatic carbocycles. The second-order valence-electron chi connectivity index (χ2n) is 14.4. The van der Waals surface area contributed by atoms with Gasteiger partial charge in [0, 0.05) is 45.4 Å². The van der Waals surface area contributed by atoms with Gasteiger partial charge in [0.25, 0.3) is 0 Å². The summed E-state index contributed by atoms with van der Waals surface area (Å²) in [5, 5.41) is 7.23. The van der Waals surface area contributed by atoms with E-state index in [-0.39, 0.29) is 0 Å². The second kappa shape index (κ2) is 13.6. The van der Waals surface area contributed by atoms with E-state index in [9.17, 15) is 0 Å². The molecule has 4 nitrogen and oxygen atoms in total. The number of para-hydroxylation sites is 1. The zero-order valence-electron chi connectivity index (χ0n) is 30.8. The SMILES string of the molecule is c1cncc(-c2ccccc2-c2nc(-c3ccc(-c4ccc5oc6ccccc6c5c4)cc3)cc(-c3ccc(-c4cc5ccccc5c5ccccc45)cc3)n2)c1. The average Bonchev–Trinajstić information content (AvgIpc) is 3.67. The highest BCUT2D eigenvalue weighted by Crippen LogP contribution is 2.38. The highest BCUT2D eigenvalue weighted by Gasteiger charge is 2.16. The van der Waals surface area contributed by atoms with Crippen LogP contribution in [-0.4, -0.2) is 15.0 Å². The van der Waals surface area contributed by atoms with Crippen LogP contribution in [0.3, 0.4) is 0 Å². The van der Waals surface area contributed by atoms with E-state index in [1.165, 1.54) is 27.1 Å². The molecular formula is C53H33N3O. The van der Waals surface area contributed by atoms with Crippen LogP contribution in [0.15, 0.2) is 205 Å². The van der Waals surface area contributed by atoms with Crippen LogP contribution in [0, 0.1) is 0 Å².